The fraction of sp³-hybridized carbons (Fsp3) is 0.600. The van der Waals surface area contributed by atoms with Gasteiger partial charge < -0.3 is 0 Å². The van der Waals surface area contributed by atoms with Crippen molar-refractivity contribution in [1.29, 1.82) is 0 Å². The first kappa shape index (κ1) is 13.4. The lowest BCUT2D eigenvalue weighted by atomic mass is 10.1. The average Bonchev–Trinajstić information content (AvgIpc) is 2.17. The van der Waals surface area contributed by atoms with Crippen LogP contribution in [0.1, 0.15) is 26.2 Å². The summed E-state index contributed by atoms with van der Waals surface area (Å²) in [5.74, 6) is 1.28. The standard InChI is InChI=1S/C10H15Cl3/c1-9(7-12)4-5-10(8-13)3-2-6-11/h4,8H,2-3,5-7H2,1H3. The molecule has 0 heterocycles. The summed E-state index contributed by atoms with van der Waals surface area (Å²) < 4.78 is 0. The van der Waals surface area contributed by atoms with Gasteiger partial charge in [-0.3, -0.25) is 0 Å². The SMILES string of the molecule is CC(=CCC(=CCl)CCCCl)CCl. The van der Waals surface area contributed by atoms with Crippen molar-refractivity contribution in [3.8, 4) is 0 Å². The zero-order valence-corrected chi connectivity index (χ0v) is 10.1. The van der Waals surface area contributed by atoms with Crippen molar-refractivity contribution < 1.29 is 0 Å². The van der Waals surface area contributed by atoms with Crippen LogP contribution in [0, 0.1) is 0 Å². The van der Waals surface area contributed by atoms with Crippen molar-refractivity contribution in [3.05, 3.63) is 22.8 Å². The second kappa shape index (κ2) is 8.93. The number of allylic oxidation sites excluding steroid dienone is 3. The van der Waals surface area contributed by atoms with Gasteiger partial charge in [-0.2, -0.15) is 0 Å². The third kappa shape index (κ3) is 7.42. The Kier molecular flexibility index (Phi) is 9.17. The molecule has 0 aromatic rings. The summed E-state index contributed by atoms with van der Waals surface area (Å²) in [6, 6.07) is 0. The van der Waals surface area contributed by atoms with E-state index in [4.69, 9.17) is 34.8 Å². The van der Waals surface area contributed by atoms with Crippen LogP contribution in [0.4, 0.5) is 0 Å². The zero-order valence-electron chi connectivity index (χ0n) is 7.82. The quantitative estimate of drug-likeness (QED) is 0.467. The Morgan fingerprint density at radius 1 is 1.31 bits per heavy atom. The highest BCUT2D eigenvalue weighted by atomic mass is 35.5. The smallest absolute Gasteiger partial charge is 0.0430 e. The summed E-state index contributed by atoms with van der Waals surface area (Å²) in [5, 5.41) is 0. The Hall–Kier alpha value is 0.350. The molecule has 0 rings (SSSR count). The molecule has 0 aromatic carbocycles. The Morgan fingerprint density at radius 2 is 2.00 bits per heavy atom. The molecular weight excluding hydrogens is 226 g/mol. The molecule has 0 aliphatic rings. The number of hydrogen-bond donors (Lipinski definition) is 0. The largest absolute Gasteiger partial charge is 0.127 e. The van der Waals surface area contributed by atoms with Gasteiger partial charge in [-0.25, -0.2) is 0 Å². The van der Waals surface area contributed by atoms with Gasteiger partial charge in [0.2, 0.25) is 0 Å². The van der Waals surface area contributed by atoms with E-state index < -0.39 is 0 Å². The third-order valence-electron chi connectivity index (χ3n) is 1.71. The maximum absolute atomic E-state index is 5.66. The van der Waals surface area contributed by atoms with Crippen molar-refractivity contribution in [2.24, 2.45) is 0 Å². The molecule has 0 fully saturated rings. The molecule has 0 amide bonds. The van der Waals surface area contributed by atoms with Crippen molar-refractivity contribution >= 4 is 34.8 Å². The fourth-order valence-electron chi connectivity index (χ4n) is 0.855. The lowest BCUT2D eigenvalue weighted by molar-refractivity contribution is 0.886. The van der Waals surface area contributed by atoms with Crippen LogP contribution >= 0.6 is 34.8 Å². The normalized spacial score (nSPS) is 13.5. The van der Waals surface area contributed by atoms with Gasteiger partial charge in [0, 0.05) is 17.3 Å². The van der Waals surface area contributed by atoms with E-state index in [1.54, 1.807) is 5.54 Å². The highest BCUT2D eigenvalue weighted by molar-refractivity contribution is 6.25. The van der Waals surface area contributed by atoms with E-state index in [0.29, 0.717) is 11.8 Å². The highest BCUT2D eigenvalue weighted by Gasteiger charge is 1.95. The molecule has 13 heavy (non-hydrogen) atoms. The molecule has 0 spiro atoms. The number of rotatable bonds is 6. The van der Waals surface area contributed by atoms with Gasteiger partial charge in [0.1, 0.15) is 0 Å². The van der Waals surface area contributed by atoms with E-state index in [9.17, 15) is 0 Å². The van der Waals surface area contributed by atoms with Crippen LogP contribution in [-0.2, 0) is 0 Å². The second-order valence-corrected chi connectivity index (χ2v) is 3.81. The predicted molar refractivity (Wildman–Crippen MR) is 63.0 cm³/mol. The van der Waals surface area contributed by atoms with Gasteiger partial charge in [-0.1, -0.05) is 28.8 Å². The summed E-state index contributed by atoms with van der Waals surface area (Å²) in [4.78, 5) is 0. The number of alkyl halides is 2. The molecule has 3 heteroatoms. The van der Waals surface area contributed by atoms with E-state index in [1.165, 1.54) is 11.1 Å². The molecule has 0 aromatic heterocycles. The first-order chi connectivity index (χ1) is 6.24. The van der Waals surface area contributed by atoms with Gasteiger partial charge in [0.15, 0.2) is 0 Å². The topological polar surface area (TPSA) is 0 Å². The summed E-state index contributed by atoms with van der Waals surface area (Å²) in [6.45, 7) is 2.01. The molecule has 0 radical (unpaired) electrons. The summed E-state index contributed by atoms with van der Waals surface area (Å²) in [5.41, 5.74) is 4.04. The molecule has 0 saturated heterocycles. The Morgan fingerprint density at radius 3 is 2.46 bits per heavy atom. The van der Waals surface area contributed by atoms with E-state index in [1.807, 2.05) is 6.92 Å². The zero-order chi connectivity index (χ0) is 10.1. The molecule has 0 aliphatic carbocycles. The van der Waals surface area contributed by atoms with Crippen LogP contribution in [0.15, 0.2) is 22.8 Å². The van der Waals surface area contributed by atoms with Crippen molar-refractivity contribution in [1.82, 2.24) is 0 Å². The Balaban J connectivity index is 3.86. The Labute approximate surface area is 95.6 Å². The van der Waals surface area contributed by atoms with Gasteiger partial charge in [-0.15, -0.1) is 23.2 Å². The second-order valence-electron chi connectivity index (χ2n) is 2.95. The first-order valence-electron chi connectivity index (χ1n) is 4.30. The maximum Gasteiger partial charge on any atom is 0.0430 e. The van der Waals surface area contributed by atoms with Crippen LogP contribution < -0.4 is 0 Å². The van der Waals surface area contributed by atoms with E-state index in [0.717, 1.165) is 19.3 Å². The van der Waals surface area contributed by atoms with E-state index >= 15 is 0 Å². The lowest BCUT2D eigenvalue weighted by Gasteiger charge is -2.01. The molecule has 0 N–H and O–H groups in total. The minimum absolute atomic E-state index is 0.588. The van der Waals surface area contributed by atoms with Crippen LogP contribution in [0.5, 0.6) is 0 Å². The summed E-state index contributed by atoms with van der Waals surface area (Å²) in [6.07, 6.45) is 4.95. The van der Waals surface area contributed by atoms with Crippen LogP contribution in [-0.4, -0.2) is 11.8 Å². The monoisotopic (exact) mass is 240 g/mol. The number of halogens is 3. The van der Waals surface area contributed by atoms with Crippen molar-refractivity contribution in [2.45, 2.75) is 26.2 Å². The van der Waals surface area contributed by atoms with Gasteiger partial charge in [0.05, 0.1) is 0 Å². The minimum atomic E-state index is 0.588. The Bertz CT molecular complexity index is 183. The molecule has 76 valence electrons. The first-order valence-corrected chi connectivity index (χ1v) is 5.80. The van der Waals surface area contributed by atoms with Crippen molar-refractivity contribution in [3.63, 3.8) is 0 Å². The minimum Gasteiger partial charge on any atom is -0.127 e. The highest BCUT2D eigenvalue weighted by Crippen LogP contribution is 2.14. The number of hydrogen-bond acceptors (Lipinski definition) is 0. The van der Waals surface area contributed by atoms with Crippen molar-refractivity contribution in [2.75, 3.05) is 11.8 Å². The summed E-state index contributed by atoms with van der Waals surface area (Å²) in [7, 11) is 0. The average molecular weight is 242 g/mol. The lowest BCUT2D eigenvalue weighted by Crippen LogP contribution is -1.85. The predicted octanol–water partition coefficient (Wildman–Crippen LogP) is 4.70. The van der Waals surface area contributed by atoms with Crippen LogP contribution in [0.2, 0.25) is 0 Å². The maximum atomic E-state index is 5.66. The van der Waals surface area contributed by atoms with Crippen LogP contribution in [0.3, 0.4) is 0 Å². The van der Waals surface area contributed by atoms with Crippen LogP contribution in [0.25, 0.3) is 0 Å². The molecular formula is C10H15Cl3. The summed E-state index contributed by atoms with van der Waals surface area (Å²) >= 11 is 16.9. The van der Waals surface area contributed by atoms with Gasteiger partial charge in [0.25, 0.3) is 0 Å². The molecule has 0 saturated carbocycles. The fourth-order valence-corrected chi connectivity index (χ4v) is 1.30. The van der Waals surface area contributed by atoms with Gasteiger partial charge >= 0.3 is 0 Å². The van der Waals surface area contributed by atoms with E-state index in [2.05, 4.69) is 6.08 Å². The van der Waals surface area contributed by atoms with Gasteiger partial charge in [-0.05, 0) is 26.2 Å². The molecule has 0 nitrogen and oxygen atoms in total. The molecule has 0 aliphatic heterocycles. The molecule has 0 atom stereocenters. The third-order valence-corrected chi connectivity index (χ3v) is 2.71. The molecule has 0 unspecified atom stereocenters. The van der Waals surface area contributed by atoms with E-state index in [-0.39, 0.29) is 0 Å². The molecule has 0 bridgehead atoms.